The van der Waals surface area contributed by atoms with E-state index in [4.69, 9.17) is 10.5 Å². The SMILES string of the molecule is COc1ccc(NC(N)=NCC(C)Cc2cccs2)cc1.I. The topological polar surface area (TPSA) is 59.6 Å². The first-order valence-corrected chi connectivity index (χ1v) is 7.78. The van der Waals surface area contributed by atoms with Crippen molar-refractivity contribution in [3.05, 3.63) is 46.7 Å². The monoisotopic (exact) mass is 431 g/mol. The number of thiophene rings is 1. The minimum atomic E-state index is 0. The number of ether oxygens (including phenoxy) is 1. The van der Waals surface area contributed by atoms with E-state index >= 15 is 0 Å². The lowest BCUT2D eigenvalue weighted by atomic mass is 10.1. The summed E-state index contributed by atoms with van der Waals surface area (Å²) in [5.41, 5.74) is 6.81. The van der Waals surface area contributed by atoms with Crippen molar-refractivity contribution in [2.24, 2.45) is 16.6 Å². The van der Waals surface area contributed by atoms with E-state index in [-0.39, 0.29) is 24.0 Å². The molecule has 2 rings (SSSR count). The van der Waals surface area contributed by atoms with Gasteiger partial charge in [0.1, 0.15) is 5.75 Å². The fraction of sp³-hybridized carbons (Fsp3) is 0.312. The quantitative estimate of drug-likeness (QED) is 0.413. The van der Waals surface area contributed by atoms with Crippen LogP contribution in [0.1, 0.15) is 11.8 Å². The molecule has 4 nitrogen and oxygen atoms in total. The zero-order valence-corrected chi connectivity index (χ0v) is 15.9. The number of halogens is 1. The number of anilines is 1. The molecule has 1 aromatic heterocycles. The number of hydrogen-bond donors (Lipinski definition) is 2. The molecule has 1 aromatic carbocycles. The molecule has 1 unspecified atom stereocenters. The summed E-state index contributed by atoms with van der Waals surface area (Å²) >= 11 is 1.78. The zero-order valence-electron chi connectivity index (χ0n) is 12.8. The van der Waals surface area contributed by atoms with Gasteiger partial charge in [-0.3, -0.25) is 4.99 Å². The molecule has 1 heterocycles. The van der Waals surface area contributed by atoms with Gasteiger partial charge >= 0.3 is 0 Å². The van der Waals surface area contributed by atoms with Crippen LogP contribution in [-0.2, 0) is 6.42 Å². The highest BCUT2D eigenvalue weighted by Gasteiger charge is 2.04. The predicted octanol–water partition coefficient (Wildman–Crippen LogP) is 3.98. The average Bonchev–Trinajstić information content (AvgIpc) is 2.99. The molecule has 22 heavy (non-hydrogen) atoms. The third-order valence-corrected chi connectivity index (χ3v) is 3.96. The minimum absolute atomic E-state index is 0. The molecule has 6 heteroatoms. The standard InChI is InChI=1S/C16H21N3OS.HI/c1-12(10-15-4-3-9-21-15)11-18-16(17)19-13-5-7-14(20-2)8-6-13;/h3-9,12H,10-11H2,1-2H3,(H3,17,18,19);1H. The maximum Gasteiger partial charge on any atom is 0.193 e. The normalized spacial score (nSPS) is 12.4. The van der Waals surface area contributed by atoms with Gasteiger partial charge in [0.15, 0.2) is 5.96 Å². The van der Waals surface area contributed by atoms with Crippen molar-refractivity contribution in [3.8, 4) is 5.75 Å². The third-order valence-electron chi connectivity index (χ3n) is 3.07. The highest BCUT2D eigenvalue weighted by atomic mass is 127. The number of nitrogens with zero attached hydrogens (tertiary/aromatic N) is 1. The molecule has 0 aliphatic rings. The van der Waals surface area contributed by atoms with E-state index in [1.807, 2.05) is 24.3 Å². The molecule has 2 aromatic rings. The highest BCUT2D eigenvalue weighted by Crippen LogP contribution is 2.16. The van der Waals surface area contributed by atoms with E-state index in [0.29, 0.717) is 18.4 Å². The number of guanidine groups is 1. The first-order chi connectivity index (χ1) is 10.2. The summed E-state index contributed by atoms with van der Waals surface area (Å²) in [4.78, 5) is 5.79. The van der Waals surface area contributed by atoms with Gasteiger partial charge in [0.05, 0.1) is 7.11 Å². The Kier molecular flexibility index (Phi) is 8.26. The fourth-order valence-corrected chi connectivity index (χ4v) is 2.82. The highest BCUT2D eigenvalue weighted by molar-refractivity contribution is 14.0. The van der Waals surface area contributed by atoms with Gasteiger partial charge in [0.2, 0.25) is 0 Å². The summed E-state index contributed by atoms with van der Waals surface area (Å²) in [7, 11) is 1.65. The number of rotatable bonds is 6. The van der Waals surface area contributed by atoms with E-state index in [0.717, 1.165) is 17.9 Å². The van der Waals surface area contributed by atoms with Gasteiger partial charge in [-0.05, 0) is 48.1 Å². The van der Waals surface area contributed by atoms with Crippen LogP contribution in [-0.4, -0.2) is 19.6 Å². The Morgan fingerprint density at radius 2 is 2.05 bits per heavy atom. The Labute approximate surface area is 152 Å². The lowest BCUT2D eigenvalue weighted by molar-refractivity contribution is 0.415. The number of benzene rings is 1. The second-order valence-electron chi connectivity index (χ2n) is 4.97. The Balaban J connectivity index is 0.00000242. The van der Waals surface area contributed by atoms with Crippen LogP contribution >= 0.6 is 35.3 Å². The lowest BCUT2D eigenvalue weighted by Gasteiger charge is -2.09. The van der Waals surface area contributed by atoms with Gasteiger partial charge in [0, 0.05) is 17.1 Å². The summed E-state index contributed by atoms with van der Waals surface area (Å²) < 4.78 is 5.11. The van der Waals surface area contributed by atoms with Crippen LogP contribution in [0.2, 0.25) is 0 Å². The molecule has 0 aliphatic heterocycles. The number of aliphatic imine (C=N–C) groups is 1. The third kappa shape index (κ3) is 6.23. The fourth-order valence-electron chi connectivity index (χ4n) is 1.95. The number of nitrogens with two attached hydrogens (primary N) is 1. The van der Waals surface area contributed by atoms with Gasteiger partial charge in [-0.2, -0.15) is 0 Å². The van der Waals surface area contributed by atoms with Crippen molar-refractivity contribution < 1.29 is 4.74 Å². The Morgan fingerprint density at radius 1 is 1.32 bits per heavy atom. The summed E-state index contributed by atoms with van der Waals surface area (Å²) in [5.74, 6) is 1.73. The first kappa shape index (κ1) is 18.8. The minimum Gasteiger partial charge on any atom is -0.497 e. The number of methoxy groups -OCH3 is 1. The molecular weight excluding hydrogens is 409 g/mol. The van der Waals surface area contributed by atoms with Crippen LogP contribution in [0.15, 0.2) is 46.8 Å². The Morgan fingerprint density at radius 3 is 2.64 bits per heavy atom. The van der Waals surface area contributed by atoms with Crippen molar-refractivity contribution in [1.82, 2.24) is 0 Å². The van der Waals surface area contributed by atoms with Crippen LogP contribution < -0.4 is 15.8 Å². The average molecular weight is 431 g/mol. The molecule has 120 valence electrons. The summed E-state index contributed by atoms with van der Waals surface area (Å²) in [6.07, 6.45) is 1.04. The van der Waals surface area contributed by atoms with Crippen molar-refractivity contribution >= 4 is 47.0 Å². The number of hydrogen-bond acceptors (Lipinski definition) is 3. The molecule has 1 atom stereocenters. The molecule has 0 aliphatic carbocycles. The van der Waals surface area contributed by atoms with Gasteiger partial charge in [0.25, 0.3) is 0 Å². The lowest BCUT2D eigenvalue weighted by Crippen LogP contribution is -2.23. The van der Waals surface area contributed by atoms with Crippen LogP contribution in [0.4, 0.5) is 5.69 Å². The molecule has 0 saturated carbocycles. The van der Waals surface area contributed by atoms with Crippen molar-refractivity contribution in [2.45, 2.75) is 13.3 Å². The van der Waals surface area contributed by atoms with Gasteiger partial charge < -0.3 is 15.8 Å². The van der Waals surface area contributed by atoms with E-state index in [9.17, 15) is 0 Å². The molecule has 0 spiro atoms. The molecule has 0 saturated heterocycles. The van der Waals surface area contributed by atoms with Crippen LogP contribution in [0.25, 0.3) is 0 Å². The van der Waals surface area contributed by atoms with Gasteiger partial charge in [-0.25, -0.2) is 0 Å². The first-order valence-electron chi connectivity index (χ1n) is 6.90. The van der Waals surface area contributed by atoms with Crippen molar-refractivity contribution in [1.29, 1.82) is 0 Å². The van der Waals surface area contributed by atoms with Crippen molar-refractivity contribution in [2.75, 3.05) is 19.0 Å². The Bertz CT molecular complexity index is 570. The van der Waals surface area contributed by atoms with Gasteiger partial charge in [-0.1, -0.05) is 13.0 Å². The van der Waals surface area contributed by atoms with Gasteiger partial charge in [-0.15, -0.1) is 35.3 Å². The zero-order chi connectivity index (χ0) is 15.1. The van der Waals surface area contributed by atoms with E-state index in [1.165, 1.54) is 4.88 Å². The summed E-state index contributed by atoms with van der Waals surface area (Å²) in [5, 5.41) is 5.18. The van der Waals surface area contributed by atoms with Crippen LogP contribution in [0.3, 0.4) is 0 Å². The molecular formula is C16H22IN3OS. The molecule has 0 fully saturated rings. The smallest absolute Gasteiger partial charge is 0.193 e. The van der Waals surface area contributed by atoms with E-state index in [2.05, 4.69) is 34.7 Å². The summed E-state index contributed by atoms with van der Waals surface area (Å²) in [6, 6.07) is 11.8. The maximum atomic E-state index is 5.91. The molecule has 0 radical (unpaired) electrons. The number of nitrogens with one attached hydrogen (secondary N) is 1. The maximum absolute atomic E-state index is 5.91. The molecule has 0 bridgehead atoms. The molecule has 3 N–H and O–H groups in total. The van der Waals surface area contributed by atoms with Crippen LogP contribution in [0.5, 0.6) is 5.75 Å². The second-order valence-corrected chi connectivity index (χ2v) is 6.00. The van der Waals surface area contributed by atoms with Crippen molar-refractivity contribution in [3.63, 3.8) is 0 Å². The molecule has 0 amide bonds. The largest absolute Gasteiger partial charge is 0.497 e. The Hall–Kier alpha value is -1.28. The van der Waals surface area contributed by atoms with E-state index < -0.39 is 0 Å². The second kappa shape index (κ2) is 9.68. The summed E-state index contributed by atoms with van der Waals surface area (Å²) in [6.45, 7) is 2.90. The van der Waals surface area contributed by atoms with E-state index in [1.54, 1.807) is 18.4 Å². The predicted molar refractivity (Wildman–Crippen MR) is 106 cm³/mol. The van der Waals surface area contributed by atoms with Crippen LogP contribution in [0, 0.1) is 5.92 Å².